The van der Waals surface area contributed by atoms with Crippen LogP contribution in [0.15, 0.2) is 35.0 Å². The van der Waals surface area contributed by atoms with Gasteiger partial charge >= 0.3 is 0 Å². The number of thiophene rings is 2. The van der Waals surface area contributed by atoms with Gasteiger partial charge in [-0.3, -0.25) is 4.79 Å². The molecule has 0 saturated carbocycles. The first kappa shape index (κ1) is 10.3. The predicted octanol–water partition coefficient (Wildman–Crippen LogP) is 4.01. The SMILES string of the molecule is Cc1ccc(C(=O)C=Cc2ccsc2)s1. The molecule has 0 bridgehead atoms. The summed E-state index contributed by atoms with van der Waals surface area (Å²) in [5.74, 6) is 0.0827. The summed E-state index contributed by atoms with van der Waals surface area (Å²) in [6.45, 7) is 2.00. The highest BCUT2D eigenvalue weighted by Gasteiger charge is 2.03. The Bertz CT molecular complexity index is 477. The van der Waals surface area contributed by atoms with Crippen LogP contribution in [0.4, 0.5) is 0 Å². The summed E-state index contributed by atoms with van der Waals surface area (Å²) in [7, 11) is 0. The Morgan fingerprint density at radius 2 is 2.20 bits per heavy atom. The van der Waals surface area contributed by atoms with Crippen molar-refractivity contribution in [3.8, 4) is 0 Å². The maximum atomic E-state index is 11.7. The highest BCUT2D eigenvalue weighted by Crippen LogP contribution is 2.16. The van der Waals surface area contributed by atoms with Crippen LogP contribution in [0.5, 0.6) is 0 Å². The van der Waals surface area contributed by atoms with Crippen LogP contribution in [0.2, 0.25) is 0 Å². The quantitative estimate of drug-likeness (QED) is 0.579. The number of hydrogen-bond acceptors (Lipinski definition) is 3. The average Bonchev–Trinajstić information content (AvgIpc) is 2.84. The molecule has 0 atom stereocenters. The number of ketones is 1. The van der Waals surface area contributed by atoms with E-state index in [1.807, 2.05) is 42.0 Å². The van der Waals surface area contributed by atoms with Crippen LogP contribution in [0.1, 0.15) is 20.1 Å². The van der Waals surface area contributed by atoms with E-state index in [1.165, 1.54) is 16.2 Å². The van der Waals surface area contributed by atoms with Crippen molar-refractivity contribution >= 4 is 34.5 Å². The molecule has 3 heteroatoms. The third kappa shape index (κ3) is 2.64. The largest absolute Gasteiger partial charge is 0.288 e. The molecule has 0 spiro atoms. The van der Waals surface area contributed by atoms with Crippen molar-refractivity contribution in [2.45, 2.75) is 6.92 Å². The zero-order valence-electron chi connectivity index (χ0n) is 8.27. The maximum absolute atomic E-state index is 11.7. The van der Waals surface area contributed by atoms with Crippen LogP contribution in [-0.2, 0) is 0 Å². The summed E-state index contributed by atoms with van der Waals surface area (Å²) in [6.07, 6.45) is 3.49. The molecular formula is C12H10OS2. The molecule has 0 aliphatic rings. The zero-order chi connectivity index (χ0) is 10.7. The van der Waals surface area contributed by atoms with E-state index >= 15 is 0 Å². The molecule has 2 aromatic rings. The van der Waals surface area contributed by atoms with E-state index in [-0.39, 0.29) is 5.78 Å². The lowest BCUT2D eigenvalue weighted by Crippen LogP contribution is -1.88. The summed E-state index contributed by atoms with van der Waals surface area (Å²) in [6, 6.07) is 5.84. The van der Waals surface area contributed by atoms with Gasteiger partial charge in [0, 0.05) is 4.88 Å². The Kier molecular flexibility index (Phi) is 3.14. The number of carbonyl (C=O) groups is 1. The molecule has 2 rings (SSSR count). The molecule has 0 amide bonds. The first-order valence-corrected chi connectivity index (χ1v) is 6.33. The van der Waals surface area contributed by atoms with E-state index in [4.69, 9.17) is 0 Å². The van der Waals surface area contributed by atoms with Crippen LogP contribution in [0.3, 0.4) is 0 Å². The Morgan fingerprint density at radius 3 is 2.80 bits per heavy atom. The van der Waals surface area contributed by atoms with Crippen LogP contribution in [-0.4, -0.2) is 5.78 Å². The topological polar surface area (TPSA) is 17.1 Å². The number of allylic oxidation sites excluding steroid dienone is 1. The first-order valence-electron chi connectivity index (χ1n) is 4.57. The van der Waals surface area contributed by atoms with Gasteiger partial charge in [0.05, 0.1) is 4.88 Å². The number of aryl methyl sites for hydroxylation is 1. The summed E-state index contributed by atoms with van der Waals surface area (Å²) in [5, 5.41) is 4.02. The molecule has 76 valence electrons. The normalized spacial score (nSPS) is 11.0. The lowest BCUT2D eigenvalue weighted by molar-refractivity contribution is 0.105. The zero-order valence-corrected chi connectivity index (χ0v) is 9.90. The van der Waals surface area contributed by atoms with E-state index in [2.05, 4.69) is 0 Å². The van der Waals surface area contributed by atoms with Crippen molar-refractivity contribution in [3.05, 3.63) is 50.4 Å². The second-order valence-corrected chi connectivity index (χ2v) is 5.23. The van der Waals surface area contributed by atoms with Gasteiger partial charge in [-0.05, 0) is 47.5 Å². The summed E-state index contributed by atoms with van der Waals surface area (Å²) >= 11 is 3.17. The summed E-state index contributed by atoms with van der Waals surface area (Å²) in [5.41, 5.74) is 1.08. The molecule has 0 saturated heterocycles. The third-order valence-corrected chi connectivity index (χ3v) is 3.67. The predicted molar refractivity (Wildman–Crippen MR) is 66.7 cm³/mol. The van der Waals surface area contributed by atoms with Gasteiger partial charge in [0.25, 0.3) is 0 Å². The van der Waals surface area contributed by atoms with Crippen molar-refractivity contribution in [1.29, 1.82) is 0 Å². The van der Waals surface area contributed by atoms with E-state index in [0.717, 1.165) is 10.4 Å². The van der Waals surface area contributed by atoms with E-state index in [0.29, 0.717) is 0 Å². The van der Waals surface area contributed by atoms with E-state index < -0.39 is 0 Å². The molecule has 0 aromatic carbocycles. The van der Waals surface area contributed by atoms with Gasteiger partial charge in [-0.25, -0.2) is 0 Å². The van der Waals surface area contributed by atoms with Crippen molar-refractivity contribution < 1.29 is 4.79 Å². The molecule has 0 N–H and O–H groups in total. The average molecular weight is 234 g/mol. The molecule has 1 nitrogen and oxygen atoms in total. The Hall–Kier alpha value is -1.19. The molecule has 0 unspecified atom stereocenters. The molecule has 0 fully saturated rings. The minimum atomic E-state index is 0.0827. The lowest BCUT2D eigenvalue weighted by atomic mass is 10.2. The summed E-state index contributed by atoms with van der Waals surface area (Å²) < 4.78 is 0. The van der Waals surface area contributed by atoms with Gasteiger partial charge in [-0.15, -0.1) is 11.3 Å². The van der Waals surface area contributed by atoms with Crippen LogP contribution >= 0.6 is 22.7 Å². The molecule has 2 heterocycles. The fourth-order valence-corrected chi connectivity index (χ4v) is 2.61. The highest BCUT2D eigenvalue weighted by atomic mass is 32.1. The van der Waals surface area contributed by atoms with Crippen molar-refractivity contribution in [2.24, 2.45) is 0 Å². The maximum Gasteiger partial charge on any atom is 0.195 e. The van der Waals surface area contributed by atoms with Gasteiger partial charge in [0.15, 0.2) is 5.78 Å². The molecule has 0 aliphatic carbocycles. The number of hydrogen-bond donors (Lipinski definition) is 0. The molecular weight excluding hydrogens is 224 g/mol. The van der Waals surface area contributed by atoms with Crippen molar-refractivity contribution in [3.63, 3.8) is 0 Å². The second kappa shape index (κ2) is 4.55. The monoisotopic (exact) mass is 234 g/mol. The fourth-order valence-electron chi connectivity index (χ4n) is 1.19. The van der Waals surface area contributed by atoms with Gasteiger partial charge in [-0.1, -0.05) is 6.08 Å². The Labute approximate surface area is 96.7 Å². The van der Waals surface area contributed by atoms with Gasteiger partial charge < -0.3 is 0 Å². The molecule has 0 radical (unpaired) electrons. The van der Waals surface area contributed by atoms with Crippen molar-refractivity contribution in [2.75, 3.05) is 0 Å². The molecule has 0 aliphatic heterocycles. The lowest BCUT2D eigenvalue weighted by Gasteiger charge is -1.87. The smallest absolute Gasteiger partial charge is 0.195 e. The van der Waals surface area contributed by atoms with Crippen molar-refractivity contribution in [1.82, 2.24) is 0 Å². The summed E-state index contributed by atoms with van der Waals surface area (Å²) in [4.78, 5) is 13.7. The minimum Gasteiger partial charge on any atom is -0.288 e. The fraction of sp³-hybridized carbons (Fsp3) is 0.0833. The van der Waals surface area contributed by atoms with E-state index in [1.54, 1.807) is 17.4 Å². The van der Waals surface area contributed by atoms with Crippen LogP contribution in [0, 0.1) is 6.92 Å². The van der Waals surface area contributed by atoms with Gasteiger partial charge in [0.1, 0.15) is 0 Å². The minimum absolute atomic E-state index is 0.0827. The van der Waals surface area contributed by atoms with Crippen LogP contribution in [0.25, 0.3) is 6.08 Å². The number of rotatable bonds is 3. The van der Waals surface area contributed by atoms with E-state index in [9.17, 15) is 4.79 Å². The Balaban J connectivity index is 2.10. The van der Waals surface area contributed by atoms with Crippen LogP contribution < -0.4 is 0 Å². The molecule has 2 aromatic heterocycles. The second-order valence-electron chi connectivity index (χ2n) is 3.16. The standard InChI is InChI=1S/C12H10OS2/c1-9-2-5-12(15-9)11(13)4-3-10-6-7-14-8-10/h2-8H,1H3. The third-order valence-electron chi connectivity index (χ3n) is 1.95. The Morgan fingerprint density at radius 1 is 1.33 bits per heavy atom. The number of carbonyl (C=O) groups excluding carboxylic acids is 1. The first-order chi connectivity index (χ1) is 7.25. The van der Waals surface area contributed by atoms with Gasteiger partial charge in [0.2, 0.25) is 0 Å². The van der Waals surface area contributed by atoms with Gasteiger partial charge in [-0.2, -0.15) is 11.3 Å². The molecule has 15 heavy (non-hydrogen) atoms. The highest BCUT2D eigenvalue weighted by molar-refractivity contribution is 7.14.